The van der Waals surface area contributed by atoms with Crippen molar-refractivity contribution >= 4 is 11.4 Å². The molecule has 0 aliphatic heterocycles. The van der Waals surface area contributed by atoms with Crippen LogP contribution in [-0.4, -0.2) is 0 Å². The molecule has 4 nitrogen and oxygen atoms in total. The van der Waals surface area contributed by atoms with Crippen LogP contribution in [0.2, 0.25) is 0 Å². The third kappa shape index (κ3) is 7.18. The van der Waals surface area contributed by atoms with Crippen LogP contribution in [0, 0.1) is 52.3 Å². The highest BCUT2D eigenvalue weighted by Crippen LogP contribution is 2.68. The summed E-state index contributed by atoms with van der Waals surface area (Å²) in [7, 11) is 0. The van der Waals surface area contributed by atoms with Gasteiger partial charge in [-0.15, -0.1) is 6.58 Å². The highest BCUT2D eigenvalue weighted by atomic mass is 16.5. The zero-order chi connectivity index (χ0) is 39.1. The molecule has 0 radical (unpaired) electrons. The Kier molecular flexibility index (Phi) is 10.6. The lowest BCUT2D eigenvalue weighted by Crippen LogP contribution is -2.54. The first-order valence-corrected chi connectivity index (χ1v) is 21.6. The Bertz CT molecular complexity index is 1890. The van der Waals surface area contributed by atoms with Crippen LogP contribution in [0.4, 0.5) is 11.4 Å². The molecule has 4 aromatic carbocycles. The van der Waals surface area contributed by atoms with Crippen molar-refractivity contribution in [3.63, 3.8) is 0 Å². The minimum atomic E-state index is -0.124. The van der Waals surface area contributed by atoms with Crippen LogP contribution < -0.4 is 20.9 Å². The fraction of sp³-hybridized carbons (Fsp3) is 0.462. The van der Waals surface area contributed by atoms with Gasteiger partial charge in [0.05, 0.1) is 0 Å². The number of rotatable bonds is 12. The van der Waals surface area contributed by atoms with Crippen LogP contribution in [0.5, 0.6) is 23.0 Å². The Morgan fingerprint density at radius 3 is 1.70 bits per heavy atom. The smallest absolute Gasteiger partial charge is 0.127 e. The standard InChI is InChI=1S/C52H64N2O2/c1-6-35(2)8-7-9-36(3)47-28-29-48-46-27-14-39-34-52(33-32-50(39,4)49(46)30-31-51(47,48)5,37-10-19-42(20-11-37)55-44-23-15-40(53)16-24-44)38-12-21-43(22-13-38)56-45-25-17-41(54)18-26-45/h6,10-27,35-36,39,46-49H,1,7-9,28-34,53-54H2,2-5H3. The Hall–Kier alpha value is -4.44. The summed E-state index contributed by atoms with van der Waals surface area (Å²) in [6.45, 7) is 14.3. The normalized spacial score (nSPS) is 30.0. The van der Waals surface area contributed by atoms with Crippen LogP contribution in [0.3, 0.4) is 0 Å². The van der Waals surface area contributed by atoms with Crippen LogP contribution >= 0.6 is 0 Å². The van der Waals surface area contributed by atoms with Gasteiger partial charge in [-0.3, -0.25) is 0 Å². The molecule has 0 bridgehead atoms. The summed E-state index contributed by atoms with van der Waals surface area (Å²) in [5, 5.41) is 0. The Balaban J connectivity index is 1.06. The summed E-state index contributed by atoms with van der Waals surface area (Å²) < 4.78 is 12.5. The molecule has 0 saturated heterocycles. The average molecular weight is 749 g/mol. The Morgan fingerprint density at radius 2 is 1.16 bits per heavy atom. The van der Waals surface area contributed by atoms with Crippen molar-refractivity contribution in [2.75, 3.05) is 11.5 Å². The second-order valence-corrected chi connectivity index (χ2v) is 18.8. The molecule has 56 heavy (non-hydrogen) atoms. The predicted octanol–water partition coefficient (Wildman–Crippen LogP) is 13.8. The zero-order valence-electron chi connectivity index (χ0n) is 34.3. The molecule has 4 heteroatoms. The van der Waals surface area contributed by atoms with E-state index < -0.39 is 0 Å². The van der Waals surface area contributed by atoms with Crippen LogP contribution in [0.15, 0.2) is 122 Å². The molecule has 4 N–H and O–H groups in total. The quantitative estimate of drug-likeness (QED) is 0.112. The number of benzene rings is 4. The van der Waals surface area contributed by atoms with Gasteiger partial charge >= 0.3 is 0 Å². The van der Waals surface area contributed by atoms with E-state index in [4.69, 9.17) is 20.9 Å². The third-order valence-corrected chi connectivity index (χ3v) is 15.8. The number of allylic oxidation sites excluding steroid dienone is 3. The second kappa shape index (κ2) is 15.5. The molecule has 4 aromatic rings. The van der Waals surface area contributed by atoms with Crippen molar-refractivity contribution in [2.24, 2.45) is 52.3 Å². The number of nitrogens with two attached hydrogens (primary N) is 2. The summed E-state index contributed by atoms with van der Waals surface area (Å²) in [5.74, 6) is 8.31. The lowest BCUT2D eigenvalue weighted by atomic mass is 9.43. The second-order valence-electron chi connectivity index (χ2n) is 18.8. The van der Waals surface area contributed by atoms with E-state index in [9.17, 15) is 0 Å². The molecule has 3 saturated carbocycles. The van der Waals surface area contributed by atoms with Crippen LogP contribution in [0.25, 0.3) is 0 Å². The monoisotopic (exact) mass is 748 g/mol. The number of nitrogen functional groups attached to an aromatic ring is 2. The van der Waals surface area contributed by atoms with Gasteiger partial charge in [0, 0.05) is 16.8 Å². The number of hydrogen-bond acceptors (Lipinski definition) is 4. The van der Waals surface area contributed by atoms with E-state index in [1.807, 2.05) is 48.5 Å². The van der Waals surface area contributed by atoms with E-state index in [-0.39, 0.29) is 5.41 Å². The van der Waals surface area contributed by atoms with Crippen LogP contribution in [-0.2, 0) is 5.41 Å². The molecule has 8 rings (SSSR count). The first-order valence-electron chi connectivity index (χ1n) is 21.6. The summed E-state index contributed by atoms with van der Waals surface area (Å²) in [4.78, 5) is 0. The van der Waals surface area contributed by atoms with E-state index in [1.165, 1.54) is 62.5 Å². The molecule has 0 amide bonds. The fourth-order valence-corrected chi connectivity index (χ4v) is 12.4. The van der Waals surface area contributed by atoms with Gasteiger partial charge in [0.1, 0.15) is 23.0 Å². The van der Waals surface area contributed by atoms with Gasteiger partial charge in [0.25, 0.3) is 0 Å². The molecule has 9 unspecified atom stereocenters. The highest BCUT2D eigenvalue weighted by Gasteiger charge is 2.61. The minimum absolute atomic E-state index is 0.124. The number of fused-ring (bicyclic) bond motifs is 5. The van der Waals surface area contributed by atoms with Gasteiger partial charge < -0.3 is 20.9 Å². The van der Waals surface area contributed by atoms with Gasteiger partial charge in [-0.05, 0) is 188 Å². The van der Waals surface area contributed by atoms with Gasteiger partial charge in [0.2, 0.25) is 0 Å². The average Bonchev–Trinajstić information content (AvgIpc) is 3.57. The largest absolute Gasteiger partial charge is 0.457 e. The summed E-state index contributed by atoms with van der Waals surface area (Å²) >= 11 is 0. The summed E-state index contributed by atoms with van der Waals surface area (Å²) in [6.07, 6.45) is 20.6. The molecule has 9 atom stereocenters. The topological polar surface area (TPSA) is 70.5 Å². The van der Waals surface area contributed by atoms with Gasteiger partial charge in [-0.25, -0.2) is 0 Å². The van der Waals surface area contributed by atoms with Crippen molar-refractivity contribution in [3.05, 3.63) is 133 Å². The van der Waals surface area contributed by atoms with E-state index in [0.29, 0.717) is 28.6 Å². The molecule has 0 spiro atoms. The molecule has 294 valence electrons. The first kappa shape index (κ1) is 38.4. The maximum absolute atomic E-state index is 6.26. The van der Waals surface area contributed by atoms with Crippen molar-refractivity contribution < 1.29 is 9.47 Å². The minimum Gasteiger partial charge on any atom is -0.457 e. The van der Waals surface area contributed by atoms with Crippen molar-refractivity contribution in [1.82, 2.24) is 0 Å². The Labute approximate surface area is 336 Å². The zero-order valence-corrected chi connectivity index (χ0v) is 34.3. The van der Waals surface area contributed by atoms with Crippen molar-refractivity contribution in [3.8, 4) is 23.0 Å². The SMILES string of the molecule is C=CC(C)CCCC(C)C1CCC2C3C=CC4CC(c5ccc(Oc6ccc(N)cc6)cc5)(c5ccc(Oc6ccc(N)cc6)cc5)CCC4(C)C3CCC12C. The summed E-state index contributed by atoms with van der Waals surface area (Å²) in [5.41, 5.74) is 16.7. The highest BCUT2D eigenvalue weighted by molar-refractivity contribution is 5.48. The number of hydrogen-bond donors (Lipinski definition) is 2. The Morgan fingerprint density at radius 1 is 0.643 bits per heavy atom. The lowest BCUT2D eigenvalue weighted by molar-refractivity contribution is -0.0720. The fourth-order valence-electron chi connectivity index (χ4n) is 12.4. The van der Waals surface area contributed by atoms with Crippen molar-refractivity contribution in [1.29, 1.82) is 0 Å². The molecular weight excluding hydrogens is 685 g/mol. The summed E-state index contributed by atoms with van der Waals surface area (Å²) in [6, 6.07) is 33.1. The van der Waals surface area contributed by atoms with E-state index >= 15 is 0 Å². The van der Waals surface area contributed by atoms with E-state index in [1.54, 1.807) is 0 Å². The number of anilines is 2. The van der Waals surface area contributed by atoms with Gasteiger partial charge in [-0.2, -0.15) is 0 Å². The molecule has 0 heterocycles. The molecule has 4 aliphatic rings. The first-order chi connectivity index (χ1) is 27.0. The molecule has 3 fully saturated rings. The predicted molar refractivity (Wildman–Crippen MR) is 233 cm³/mol. The third-order valence-electron chi connectivity index (χ3n) is 15.8. The number of ether oxygens (including phenoxy) is 2. The maximum Gasteiger partial charge on any atom is 0.127 e. The van der Waals surface area contributed by atoms with Crippen LogP contribution in [0.1, 0.15) is 103 Å². The van der Waals surface area contributed by atoms with E-state index in [0.717, 1.165) is 70.9 Å². The molecule has 4 aliphatic carbocycles. The van der Waals surface area contributed by atoms with E-state index in [2.05, 4.69) is 101 Å². The van der Waals surface area contributed by atoms with Gasteiger partial charge in [-0.1, -0.05) is 83.0 Å². The van der Waals surface area contributed by atoms with Crippen molar-refractivity contribution in [2.45, 2.75) is 97.3 Å². The van der Waals surface area contributed by atoms with Gasteiger partial charge in [0.15, 0.2) is 0 Å². The molecule has 0 aromatic heterocycles. The lowest BCUT2D eigenvalue weighted by Gasteiger charge is -2.61. The maximum atomic E-state index is 6.26. The molecular formula is C52H64N2O2.